The lowest BCUT2D eigenvalue weighted by atomic mass is 9.96. The van der Waals surface area contributed by atoms with E-state index in [-0.39, 0.29) is 17.7 Å². The molecule has 0 saturated carbocycles. The average Bonchev–Trinajstić information content (AvgIpc) is 3.20. The van der Waals surface area contributed by atoms with Crippen LogP contribution in [0.4, 0.5) is 5.13 Å². The predicted octanol–water partition coefficient (Wildman–Crippen LogP) is 2.23. The minimum Gasteiger partial charge on any atom is -0.459 e. The van der Waals surface area contributed by atoms with Crippen LogP contribution < -0.4 is 5.32 Å². The number of hydrogen-bond acceptors (Lipinski definition) is 5. The summed E-state index contributed by atoms with van der Waals surface area (Å²) in [6.07, 6.45) is 4.46. The average molecular weight is 305 g/mol. The van der Waals surface area contributed by atoms with Gasteiger partial charge in [-0.25, -0.2) is 4.98 Å². The number of thiazole rings is 1. The summed E-state index contributed by atoms with van der Waals surface area (Å²) in [6.45, 7) is 1.13. The van der Waals surface area contributed by atoms with Crippen molar-refractivity contribution in [3.63, 3.8) is 0 Å². The minimum absolute atomic E-state index is 0.0185. The lowest BCUT2D eigenvalue weighted by Gasteiger charge is -2.30. The minimum atomic E-state index is -0.112. The van der Waals surface area contributed by atoms with Crippen LogP contribution in [0.2, 0.25) is 0 Å². The number of nitrogens with zero attached hydrogens (tertiary/aromatic N) is 2. The maximum absolute atomic E-state index is 12.1. The second-order valence-electron chi connectivity index (χ2n) is 4.87. The summed E-state index contributed by atoms with van der Waals surface area (Å²) in [5.41, 5.74) is 0. The molecular weight excluding hydrogens is 290 g/mol. The van der Waals surface area contributed by atoms with E-state index in [1.54, 1.807) is 23.2 Å². The van der Waals surface area contributed by atoms with Gasteiger partial charge in [-0.3, -0.25) is 9.59 Å². The lowest BCUT2D eigenvalue weighted by molar-refractivity contribution is -0.121. The smallest absolute Gasteiger partial charge is 0.289 e. The molecule has 2 aromatic heterocycles. The summed E-state index contributed by atoms with van der Waals surface area (Å²) in [5, 5.41) is 5.25. The normalized spacial score (nSPS) is 15.9. The van der Waals surface area contributed by atoms with E-state index in [1.807, 2.05) is 5.38 Å². The molecule has 0 atom stereocenters. The Morgan fingerprint density at radius 3 is 2.81 bits per heavy atom. The summed E-state index contributed by atoms with van der Waals surface area (Å²) < 4.78 is 5.12. The molecule has 1 aliphatic rings. The zero-order valence-electron chi connectivity index (χ0n) is 11.3. The van der Waals surface area contributed by atoms with Gasteiger partial charge in [0.1, 0.15) is 0 Å². The van der Waals surface area contributed by atoms with Crippen molar-refractivity contribution in [2.45, 2.75) is 12.8 Å². The fourth-order valence-electron chi connectivity index (χ4n) is 2.39. The number of piperidine rings is 1. The van der Waals surface area contributed by atoms with E-state index in [2.05, 4.69) is 10.3 Å². The number of carbonyl (C=O) groups is 2. The molecule has 2 amide bonds. The molecule has 2 aromatic rings. The van der Waals surface area contributed by atoms with E-state index in [0.29, 0.717) is 36.8 Å². The number of anilines is 1. The molecule has 21 heavy (non-hydrogen) atoms. The van der Waals surface area contributed by atoms with Gasteiger partial charge >= 0.3 is 0 Å². The van der Waals surface area contributed by atoms with Gasteiger partial charge in [0.2, 0.25) is 5.91 Å². The van der Waals surface area contributed by atoms with Gasteiger partial charge in [-0.1, -0.05) is 0 Å². The number of nitrogens with one attached hydrogen (secondary N) is 1. The van der Waals surface area contributed by atoms with Gasteiger partial charge in [-0.2, -0.15) is 0 Å². The molecule has 3 rings (SSSR count). The van der Waals surface area contributed by atoms with Gasteiger partial charge in [0, 0.05) is 30.6 Å². The Morgan fingerprint density at radius 2 is 2.19 bits per heavy atom. The maximum atomic E-state index is 12.1. The Bertz CT molecular complexity index is 601. The number of carbonyl (C=O) groups excluding carboxylic acids is 2. The first-order valence-corrected chi connectivity index (χ1v) is 7.65. The van der Waals surface area contributed by atoms with E-state index >= 15 is 0 Å². The molecule has 0 radical (unpaired) electrons. The molecule has 3 heterocycles. The molecule has 1 fully saturated rings. The van der Waals surface area contributed by atoms with Gasteiger partial charge in [-0.05, 0) is 25.0 Å². The highest BCUT2D eigenvalue weighted by Gasteiger charge is 2.28. The summed E-state index contributed by atoms with van der Waals surface area (Å²) in [4.78, 5) is 30.0. The molecule has 1 N–H and O–H groups in total. The van der Waals surface area contributed by atoms with Gasteiger partial charge < -0.3 is 14.6 Å². The van der Waals surface area contributed by atoms with Crippen LogP contribution in [0.3, 0.4) is 0 Å². The molecular formula is C14H15N3O3S. The highest BCUT2D eigenvalue weighted by molar-refractivity contribution is 7.13. The van der Waals surface area contributed by atoms with Crippen molar-refractivity contribution in [2.75, 3.05) is 18.4 Å². The largest absolute Gasteiger partial charge is 0.459 e. The third-order valence-corrected chi connectivity index (χ3v) is 4.24. The molecule has 0 aromatic carbocycles. The van der Waals surface area contributed by atoms with Crippen molar-refractivity contribution in [3.8, 4) is 0 Å². The summed E-state index contributed by atoms with van der Waals surface area (Å²) in [7, 11) is 0. The molecule has 1 saturated heterocycles. The van der Waals surface area contributed by atoms with Crippen molar-refractivity contribution < 1.29 is 14.0 Å². The van der Waals surface area contributed by atoms with Crippen molar-refractivity contribution in [1.82, 2.24) is 9.88 Å². The number of aromatic nitrogens is 1. The SMILES string of the molecule is O=C(Nc1nccs1)C1CCN(C(=O)c2ccco2)CC1. The fourth-order valence-corrected chi connectivity index (χ4v) is 2.93. The molecule has 6 nitrogen and oxygen atoms in total. The highest BCUT2D eigenvalue weighted by Crippen LogP contribution is 2.21. The first kappa shape index (κ1) is 13.8. The second-order valence-corrected chi connectivity index (χ2v) is 5.76. The van der Waals surface area contributed by atoms with Crippen molar-refractivity contribution in [1.29, 1.82) is 0 Å². The summed E-state index contributed by atoms with van der Waals surface area (Å²) >= 11 is 1.40. The van der Waals surface area contributed by atoms with E-state index in [1.165, 1.54) is 17.6 Å². The molecule has 0 unspecified atom stereocenters. The van der Waals surface area contributed by atoms with Crippen molar-refractivity contribution >= 4 is 28.3 Å². The Hall–Kier alpha value is -2.15. The summed E-state index contributed by atoms with van der Waals surface area (Å²) in [5.74, 6) is 0.143. The Labute approximate surface area is 125 Å². The Balaban J connectivity index is 1.53. The second kappa shape index (κ2) is 6.09. The number of likely N-dealkylation sites (tertiary alicyclic amines) is 1. The van der Waals surface area contributed by atoms with Crippen molar-refractivity contribution in [3.05, 3.63) is 35.7 Å². The highest BCUT2D eigenvalue weighted by atomic mass is 32.1. The van der Waals surface area contributed by atoms with Crippen LogP contribution in [-0.2, 0) is 4.79 Å². The van der Waals surface area contributed by atoms with Gasteiger partial charge in [0.15, 0.2) is 10.9 Å². The topological polar surface area (TPSA) is 75.4 Å². The Kier molecular flexibility index (Phi) is 4.01. The number of amides is 2. The predicted molar refractivity (Wildman–Crippen MR) is 78.1 cm³/mol. The zero-order valence-corrected chi connectivity index (χ0v) is 12.1. The molecule has 110 valence electrons. The molecule has 7 heteroatoms. The number of furan rings is 1. The van der Waals surface area contributed by atoms with Crippen LogP contribution in [0.5, 0.6) is 0 Å². The van der Waals surface area contributed by atoms with E-state index in [9.17, 15) is 9.59 Å². The van der Waals surface area contributed by atoms with E-state index in [4.69, 9.17) is 4.42 Å². The zero-order chi connectivity index (χ0) is 14.7. The van der Waals surface area contributed by atoms with Crippen LogP contribution in [0.15, 0.2) is 34.4 Å². The van der Waals surface area contributed by atoms with Crippen LogP contribution in [0.25, 0.3) is 0 Å². The Morgan fingerprint density at radius 1 is 1.38 bits per heavy atom. The first-order chi connectivity index (χ1) is 10.2. The van der Waals surface area contributed by atoms with Crippen LogP contribution >= 0.6 is 11.3 Å². The van der Waals surface area contributed by atoms with Gasteiger partial charge in [-0.15, -0.1) is 11.3 Å². The molecule has 0 aliphatic carbocycles. The molecule has 1 aliphatic heterocycles. The van der Waals surface area contributed by atoms with Crippen LogP contribution in [0.1, 0.15) is 23.4 Å². The van der Waals surface area contributed by atoms with Crippen LogP contribution in [-0.4, -0.2) is 34.8 Å². The fraction of sp³-hybridized carbons (Fsp3) is 0.357. The van der Waals surface area contributed by atoms with Gasteiger partial charge in [0.05, 0.1) is 6.26 Å². The monoisotopic (exact) mass is 305 g/mol. The molecule has 0 bridgehead atoms. The van der Waals surface area contributed by atoms with Crippen LogP contribution in [0, 0.1) is 5.92 Å². The van der Waals surface area contributed by atoms with Gasteiger partial charge in [0.25, 0.3) is 5.91 Å². The first-order valence-electron chi connectivity index (χ1n) is 6.77. The van der Waals surface area contributed by atoms with E-state index in [0.717, 1.165) is 0 Å². The standard InChI is InChI=1S/C14H15N3O3S/c18-12(16-14-15-5-9-21-14)10-3-6-17(7-4-10)13(19)11-2-1-8-20-11/h1-2,5,8-10H,3-4,6-7H2,(H,15,16,18). The third-order valence-electron chi connectivity index (χ3n) is 3.55. The molecule has 0 spiro atoms. The lowest BCUT2D eigenvalue weighted by Crippen LogP contribution is -2.41. The van der Waals surface area contributed by atoms with E-state index < -0.39 is 0 Å². The van der Waals surface area contributed by atoms with Crippen molar-refractivity contribution in [2.24, 2.45) is 5.92 Å². The number of rotatable bonds is 3. The number of hydrogen-bond donors (Lipinski definition) is 1. The summed E-state index contributed by atoms with van der Waals surface area (Å²) in [6, 6.07) is 3.35. The third kappa shape index (κ3) is 3.13. The maximum Gasteiger partial charge on any atom is 0.289 e. The quantitative estimate of drug-likeness (QED) is 0.943.